The Hall–Kier alpha value is -2.68. The number of aromatic nitrogens is 3. The molecule has 0 unspecified atom stereocenters. The Balaban J connectivity index is 1.74. The lowest BCUT2D eigenvalue weighted by atomic mass is 10.2. The first-order valence-corrected chi connectivity index (χ1v) is 6.09. The van der Waals surface area contributed by atoms with Crippen LogP contribution in [0.15, 0.2) is 61.2 Å². The van der Waals surface area contributed by atoms with Crippen molar-refractivity contribution in [2.45, 2.75) is 0 Å². The lowest BCUT2D eigenvalue weighted by molar-refractivity contribution is 1.16. The van der Waals surface area contributed by atoms with E-state index in [9.17, 15) is 0 Å². The number of fused-ring (bicyclic) bond motifs is 1. The molecule has 2 heterocycles. The van der Waals surface area contributed by atoms with Crippen LogP contribution in [0.3, 0.4) is 0 Å². The maximum atomic E-state index is 3.96. The van der Waals surface area contributed by atoms with Gasteiger partial charge in [-0.25, -0.2) is 9.97 Å². The van der Waals surface area contributed by atoms with Gasteiger partial charge in [-0.3, -0.25) is 0 Å². The molecule has 0 aliphatic heterocycles. The number of aromatic amines is 1. The van der Waals surface area contributed by atoms with Crippen LogP contribution in [0.2, 0.25) is 0 Å². The first-order valence-electron chi connectivity index (χ1n) is 6.09. The van der Waals surface area contributed by atoms with Crippen molar-refractivity contribution in [3.63, 3.8) is 0 Å². The smallest absolute Gasteiger partial charge is 0.115 e. The molecule has 0 aliphatic rings. The number of rotatable bonds is 3. The molecule has 0 atom stereocenters. The van der Waals surface area contributed by atoms with E-state index < -0.39 is 0 Å². The average molecular weight is 247 g/mol. The maximum Gasteiger partial charge on any atom is 0.115 e. The topological polar surface area (TPSA) is 41.6 Å². The summed E-state index contributed by atoms with van der Waals surface area (Å²) in [6.07, 6.45) is 13.1. The van der Waals surface area contributed by atoms with Gasteiger partial charge < -0.3 is 4.98 Å². The number of benzene rings is 1. The zero-order valence-electron chi connectivity index (χ0n) is 10.3. The lowest BCUT2D eigenvalue weighted by Crippen LogP contribution is -1.77. The Morgan fingerprint density at radius 3 is 2.58 bits per heavy atom. The van der Waals surface area contributed by atoms with E-state index in [1.54, 1.807) is 12.4 Å². The number of hydrogen-bond acceptors (Lipinski definition) is 2. The molecule has 3 aromatic rings. The van der Waals surface area contributed by atoms with Crippen LogP contribution in [0, 0.1) is 0 Å². The third-order valence-electron chi connectivity index (χ3n) is 2.81. The molecule has 92 valence electrons. The van der Waals surface area contributed by atoms with E-state index in [1.165, 1.54) is 11.7 Å². The summed E-state index contributed by atoms with van der Waals surface area (Å²) in [5.74, 6) is 0. The summed E-state index contributed by atoms with van der Waals surface area (Å²) in [7, 11) is 0. The summed E-state index contributed by atoms with van der Waals surface area (Å²) in [5, 5.41) is 1.22. The summed E-state index contributed by atoms with van der Waals surface area (Å²) in [4.78, 5) is 11.3. The highest BCUT2D eigenvalue weighted by Gasteiger charge is 1.94. The molecule has 0 saturated carbocycles. The van der Waals surface area contributed by atoms with Crippen LogP contribution in [0.25, 0.3) is 23.1 Å². The van der Waals surface area contributed by atoms with Crippen LogP contribution in [0.5, 0.6) is 0 Å². The molecular formula is C16H13N3. The minimum absolute atomic E-state index is 0.990. The Bertz CT molecular complexity index is 691. The summed E-state index contributed by atoms with van der Waals surface area (Å²) < 4.78 is 0. The van der Waals surface area contributed by atoms with Gasteiger partial charge in [0, 0.05) is 29.2 Å². The van der Waals surface area contributed by atoms with Gasteiger partial charge >= 0.3 is 0 Å². The molecule has 0 radical (unpaired) electrons. The Kier molecular flexibility index (Phi) is 3.19. The first-order chi connectivity index (χ1) is 9.42. The largest absolute Gasteiger partial charge is 0.355 e. The minimum atomic E-state index is 0.990. The van der Waals surface area contributed by atoms with Gasteiger partial charge in [0.15, 0.2) is 0 Å². The molecule has 3 rings (SSSR count). The highest BCUT2D eigenvalue weighted by molar-refractivity contribution is 5.82. The molecule has 0 amide bonds. The number of nitrogens with one attached hydrogen (secondary N) is 1. The summed E-state index contributed by atoms with van der Waals surface area (Å²) in [6.45, 7) is 0. The number of para-hydroxylation sites is 1. The molecule has 19 heavy (non-hydrogen) atoms. The Labute approximate surface area is 111 Å². The maximum absolute atomic E-state index is 3.96. The first kappa shape index (κ1) is 11.4. The number of allylic oxidation sites excluding steroid dienone is 2. The monoisotopic (exact) mass is 247 g/mol. The van der Waals surface area contributed by atoms with E-state index in [-0.39, 0.29) is 0 Å². The highest BCUT2D eigenvalue weighted by atomic mass is 14.8. The average Bonchev–Trinajstić information content (AvgIpc) is 2.87. The van der Waals surface area contributed by atoms with Crippen LogP contribution in [0.4, 0.5) is 0 Å². The quantitative estimate of drug-likeness (QED) is 0.717. The standard InChI is InChI=1S/C16H13N3/c1(5-13-10-17-12-18-11-13)3-7-15-9-14-6-2-4-8-16(14)19-15/h1-12,19H/b5-1+,7-3+. The third-order valence-corrected chi connectivity index (χ3v) is 2.81. The third kappa shape index (κ3) is 2.77. The van der Waals surface area contributed by atoms with Crippen LogP contribution in [-0.2, 0) is 0 Å². The zero-order chi connectivity index (χ0) is 12.9. The van der Waals surface area contributed by atoms with Crippen LogP contribution >= 0.6 is 0 Å². The molecule has 3 heteroatoms. The van der Waals surface area contributed by atoms with E-state index in [1.807, 2.05) is 36.4 Å². The molecule has 2 aromatic heterocycles. The van der Waals surface area contributed by atoms with Crippen molar-refractivity contribution < 1.29 is 0 Å². The van der Waals surface area contributed by atoms with E-state index in [4.69, 9.17) is 0 Å². The summed E-state index contributed by atoms with van der Waals surface area (Å²) in [6, 6.07) is 10.4. The van der Waals surface area contributed by atoms with E-state index in [0.29, 0.717) is 0 Å². The molecule has 0 aliphatic carbocycles. The minimum Gasteiger partial charge on any atom is -0.355 e. The van der Waals surface area contributed by atoms with Gasteiger partial charge in [0.25, 0.3) is 0 Å². The van der Waals surface area contributed by atoms with Crippen molar-refractivity contribution in [3.8, 4) is 0 Å². The predicted octanol–water partition coefficient (Wildman–Crippen LogP) is 3.68. The van der Waals surface area contributed by atoms with E-state index in [0.717, 1.165) is 16.8 Å². The molecule has 0 bridgehead atoms. The van der Waals surface area contributed by atoms with Crippen molar-refractivity contribution in [1.29, 1.82) is 0 Å². The van der Waals surface area contributed by atoms with Gasteiger partial charge in [-0.2, -0.15) is 0 Å². The molecule has 0 saturated heterocycles. The second-order valence-electron chi connectivity index (χ2n) is 4.20. The number of H-pyrrole nitrogens is 1. The van der Waals surface area contributed by atoms with Crippen molar-refractivity contribution in [3.05, 3.63) is 72.5 Å². The van der Waals surface area contributed by atoms with Gasteiger partial charge in [0.05, 0.1) is 0 Å². The van der Waals surface area contributed by atoms with Gasteiger partial charge in [0.2, 0.25) is 0 Å². The van der Waals surface area contributed by atoms with Crippen molar-refractivity contribution in [2.24, 2.45) is 0 Å². The van der Waals surface area contributed by atoms with E-state index >= 15 is 0 Å². The molecule has 0 fully saturated rings. The van der Waals surface area contributed by atoms with Crippen LogP contribution < -0.4 is 0 Å². The summed E-state index contributed by atoms with van der Waals surface area (Å²) in [5.41, 5.74) is 3.24. The fraction of sp³-hybridized carbons (Fsp3) is 0. The van der Waals surface area contributed by atoms with Gasteiger partial charge in [-0.1, -0.05) is 36.4 Å². The van der Waals surface area contributed by atoms with Crippen molar-refractivity contribution in [2.75, 3.05) is 0 Å². The number of nitrogens with zero attached hydrogens (tertiary/aromatic N) is 2. The Morgan fingerprint density at radius 2 is 1.74 bits per heavy atom. The Morgan fingerprint density at radius 1 is 0.947 bits per heavy atom. The molecular weight excluding hydrogens is 234 g/mol. The van der Waals surface area contributed by atoms with Crippen molar-refractivity contribution in [1.82, 2.24) is 15.0 Å². The van der Waals surface area contributed by atoms with Gasteiger partial charge in [-0.15, -0.1) is 0 Å². The molecule has 1 aromatic carbocycles. The zero-order valence-corrected chi connectivity index (χ0v) is 10.3. The van der Waals surface area contributed by atoms with Gasteiger partial charge in [0.1, 0.15) is 6.33 Å². The normalized spacial score (nSPS) is 11.8. The van der Waals surface area contributed by atoms with Crippen LogP contribution in [0.1, 0.15) is 11.3 Å². The molecule has 1 N–H and O–H groups in total. The fourth-order valence-electron chi connectivity index (χ4n) is 1.91. The predicted molar refractivity (Wildman–Crippen MR) is 78.4 cm³/mol. The lowest BCUT2D eigenvalue weighted by Gasteiger charge is -1.87. The van der Waals surface area contributed by atoms with Crippen molar-refractivity contribution >= 4 is 23.1 Å². The molecule has 0 spiro atoms. The number of hydrogen-bond donors (Lipinski definition) is 1. The highest BCUT2D eigenvalue weighted by Crippen LogP contribution is 2.15. The molecule has 3 nitrogen and oxygen atoms in total. The second kappa shape index (κ2) is 5.31. The summed E-state index contributed by atoms with van der Waals surface area (Å²) >= 11 is 0. The van der Waals surface area contributed by atoms with E-state index in [2.05, 4.69) is 33.2 Å². The van der Waals surface area contributed by atoms with Gasteiger partial charge in [-0.05, 0) is 23.6 Å². The SMILES string of the molecule is C(/C=C/c1cc2ccccc2[nH]1)=C\c1cncnc1. The van der Waals surface area contributed by atoms with Crippen LogP contribution in [-0.4, -0.2) is 15.0 Å². The fourth-order valence-corrected chi connectivity index (χ4v) is 1.91. The second-order valence-corrected chi connectivity index (χ2v) is 4.20.